The summed E-state index contributed by atoms with van der Waals surface area (Å²) in [6.07, 6.45) is 3.64. The molecular weight excluding hydrogens is 301 g/mol. The summed E-state index contributed by atoms with van der Waals surface area (Å²) >= 11 is 0. The predicted molar refractivity (Wildman–Crippen MR) is 94.8 cm³/mol. The molecule has 2 nitrogen and oxygen atoms in total. The molecule has 3 aromatic carbocycles. The number of aromatic nitrogens is 1. The Labute approximate surface area is 138 Å². The highest BCUT2D eigenvalue weighted by molar-refractivity contribution is 5.82. The molecule has 0 aliphatic carbocycles. The van der Waals surface area contributed by atoms with Crippen molar-refractivity contribution in [3.63, 3.8) is 0 Å². The van der Waals surface area contributed by atoms with Crippen LogP contribution in [0.1, 0.15) is 11.5 Å². The van der Waals surface area contributed by atoms with Crippen LogP contribution < -0.4 is 0 Å². The lowest BCUT2D eigenvalue weighted by Crippen LogP contribution is -1.77. The fourth-order valence-corrected chi connectivity index (χ4v) is 2.57. The van der Waals surface area contributed by atoms with E-state index in [4.69, 9.17) is 4.42 Å². The van der Waals surface area contributed by atoms with E-state index in [9.17, 15) is 4.39 Å². The standard InChI is InChI=1S/C21H14FNO/c22-18-10-6-15(7-11-18)8-13-21-23-19-14-17(9-12-20(19)24-21)16-4-2-1-3-5-16/h1-14H/b13-8+. The van der Waals surface area contributed by atoms with Crippen molar-refractivity contribution in [2.75, 3.05) is 0 Å². The summed E-state index contributed by atoms with van der Waals surface area (Å²) in [5.41, 5.74) is 4.70. The van der Waals surface area contributed by atoms with Crippen LogP contribution in [-0.2, 0) is 0 Å². The van der Waals surface area contributed by atoms with Crippen molar-refractivity contribution < 1.29 is 8.81 Å². The normalized spacial score (nSPS) is 11.4. The number of halogens is 1. The van der Waals surface area contributed by atoms with Crippen LogP contribution in [0.3, 0.4) is 0 Å². The van der Waals surface area contributed by atoms with E-state index in [0.29, 0.717) is 5.89 Å². The van der Waals surface area contributed by atoms with Gasteiger partial charge in [-0.15, -0.1) is 0 Å². The first-order chi connectivity index (χ1) is 11.8. The van der Waals surface area contributed by atoms with Crippen molar-refractivity contribution >= 4 is 23.3 Å². The quantitative estimate of drug-likeness (QED) is 0.477. The summed E-state index contributed by atoms with van der Waals surface area (Å²) in [5, 5.41) is 0. The molecule has 0 atom stereocenters. The number of rotatable bonds is 3. The molecule has 24 heavy (non-hydrogen) atoms. The number of hydrogen-bond acceptors (Lipinski definition) is 2. The van der Waals surface area contributed by atoms with E-state index >= 15 is 0 Å². The number of nitrogens with zero attached hydrogens (tertiary/aromatic N) is 1. The van der Waals surface area contributed by atoms with Gasteiger partial charge in [0.05, 0.1) is 0 Å². The van der Waals surface area contributed by atoms with Crippen LogP contribution in [0.4, 0.5) is 4.39 Å². The zero-order valence-corrected chi connectivity index (χ0v) is 12.8. The molecule has 0 amide bonds. The summed E-state index contributed by atoms with van der Waals surface area (Å²) in [7, 11) is 0. The fraction of sp³-hybridized carbons (Fsp3) is 0. The average Bonchev–Trinajstić information content (AvgIpc) is 3.04. The highest BCUT2D eigenvalue weighted by atomic mass is 19.1. The van der Waals surface area contributed by atoms with Gasteiger partial charge in [0.1, 0.15) is 11.3 Å². The molecular formula is C21H14FNO. The van der Waals surface area contributed by atoms with Gasteiger partial charge in [0, 0.05) is 6.08 Å². The van der Waals surface area contributed by atoms with E-state index in [0.717, 1.165) is 27.8 Å². The zero-order chi connectivity index (χ0) is 16.4. The Hall–Kier alpha value is -3.20. The molecule has 0 saturated carbocycles. The predicted octanol–water partition coefficient (Wildman–Crippen LogP) is 5.80. The van der Waals surface area contributed by atoms with Crippen LogP contribution in [0.2, 0.25) is 0 Å². The molecule has 0 aliphatic rings. The Balaban J connectivity index is 1.64. The maximum absolute atomic E-state index is 12.9. The number of hydrogen-bond donors (Lipinski definition) is 0. The van der Waals surface area contributed by atoms with Crippen molar-refractivity contribution in [3.05, 3.63) is 90.1 Å². The summed E-state index contributed by atoms with van der Waals surface area (Å²) in [6, 6.07) is 22.4. The minimum atomic E-state index is -0.248. The molecule has 0 fully saturated rings. The van der Waals surface area contributed by atoms with Gasteiger partial charge >= 0.3 is 0 Å². The summed E-state index contributed by atoms with van der Waals surface area (Å²) in [4.78, 5) is 4.50. The highest BCUT2D eigenvalue weighted by Crippen LogP contribution is 2.25. The van der Waals surface area contributed by atoms with Crippen molar-refractivity contribution in [2.24, 2.45) is 0 Å². The van der Waals surface area contributed by atoms with E-state index in [1.54, 1.807) is 18.2 Å². The number of fused-ring (bicyclic) bond motifs is 1. The van der Waals surface area contributed by atoms with Gasteiger partial charge in [-0.1, -0.05) is 48.5 Å². The first kappa shape index (κ1) is 14.4. The van der Waals surface area contributed by atoms with Crippen molar-refractivity contribution in [3.8, 4) is 11.1 Å². The molecule has 0 saturated heterocycles. The van der Waals surface area contributed by atoms with Crippen LogP contribution in [0, 0.1) is 5.82 Å². The van der Waals surface area contributed by atoms with Crippen molar-refractivity contribution in [1.82, 2.24) is 4.98 Å². The van der Waals surface area contributed by atoms with Crippen LogP contribution >= 0.6 is 0 Å². The lowest BCUT2D eigenvalue weighted by atomic mass is 10.1. The molecule has 1 aromatic heterocycles. The van der Waals surface area contributed by atoms with Gasteiger partial charge in [0.2, 0.25) is 5.89 Å². The Morgan fingerprint density at radius 1 is 0.792 bits per heavy atom. The molecule has 4 aromatic rings. The van der Waals surface area contributed by atoms with E-state index in [1.165, 1.54) is 12.1 Å². The highest BCUT2D eigenvalue weighted by Gasteiger charge is 2.05. The van der Waals surface area contributed by atoms with Gasteiger partial charge < -0.3 is 4.42 Å². The summed E-state index contributed by atoms with van der Waals surface area (Å²) < 4.78 is 18.6. The first-order valence-electron chi connectivity index (χ1n) is 7.68. The molecule has 0 bridgehead atoms. The van der Waals surface area contributed by atoms with Gasteiger partial charge in [-0.3, -0.25) is 0 Å². The van der Waals surface area contributed by atoms with Crippen LogP contribution in [0.25, 0.3) is 34.4 Å². The van der Waals surface area contributed by atoms with E-state index < -0.39 is 0 Å². The molecule has 0 aliphatic heterocycles. The Kier molecular flexibility index (Phi) is 3.67. The molecule has 0 unspecified atom stereocenters. The topological polar surface area (TPSA) is 26.0 Å². The third kappa shape index (κ3) is 2.97. The lowest BCUT2D eigenvalue weighted by Gasteiger charge is -1.99. The number of benzene rings is 3. The molecule has 0 radical (unpaired) electrons. The third-order valence-corrected chi connectivity index (χ3v) is 3.80. The Morgan fingerprint density at radius 2 is 1.58 bits per heavy atom. The van der Waals surface area contributed by atoms with Crippen LogP contribution in [-0.4, -0.2) is 4.98 Å². The zero-order valence-electron chi connectivity index (χ0n) is 12.8. The van der Waals surface area contributed by atoms with Gasteiger partial charge in [0.15, 0.2) is 5.58 Å². The van der Waals surface area contributed by atoms with Crippen molar-refractivity contribution in [1.29, 1.82) is 0 Å². The molecule has 4 rings (SSSR count). The fourth-order valence-electron chi connectivity index (χ4n) is 2.57. The Morgan fingerprint density at radius 3 is 2.38 bits per heavy atom. The molecule has 1 heterocycles. The molecule has 3 heteroatoms. The van der Waals surface area contributed by atoms with Crippen LogP contribution in [0.5, 0.6) is 0 Å². The summed E-state index contributed by atoms with van der Waals surface area (Å²) in [5.74, 6) is 0.280. The monoisotopic (exact) mass is 315 g/mol. The molecule has 0 N–H and O–H groups in total. The second-order valence-electron chi connectivity index (χ2n) is 5.49. The second kappa shape index (κ2) is 6.13. The minimum absolute atomic E-state index is 0.248. The van der Waals surface area contributed by atoms with Crippen LogP contribution in [0.15, 0.2) is 77.2 Å². The van der Waals surface area contributed by atoms with Crippen molar-refractivity contribution in [2.45, 2.75) is 0 Å². The maximum Gasteiger partial charge on any atom is 0.220 e. The van der Waals surface area contributed by atoms with Gasteiger partial charge in [-0.2, -0.15) is 0 Å². The minimum Gasteiger partial charge on any atom is -0.437 e. The maximum atomic E-state index is 12.9. The second-order valence-corrected chi connectivity index (χ2v) is 5.49. The Bertz CT molecular complexity index is 1000. The first-order valence-corrected chi connectivity index (χ1v) is 7.68. The summed E-state index contributed by atoms with van der Waals surface area (Å²) in [6.45, 7) is 0. The average molecular weight is 315 g/mol. The van der Waals surface area contributed by atoms with Gasteiger partial charge in [-0.25, -0.2) is 9.37 Å². The third-order valence-electron chi connectivity index (χ3n) is 3.80. The van der Waals surface area contributed by atoms with E-state index in [-0.39, 0.29) is 5.82 Å². The molecule has 0 spiro atoms. The van der Waals surface area contributed by atoms with E-state index in [1.807, 2.05) is 42.5 Å². The van der Waals surface area contributed by atoms with E-state index in [2.05, 4.69) is 17.1 Å². The smallest absolute Gasteiger partial charge is 0.220 e. The molecule has 116 valence electrons. The number of oxazole rings is 1. The van der Waals surface area contributed by atoms with Gasteiger partial charge in [0.25, 0.3) is 0 Å². The SMILES string of the molecule is Fc1ccc(/C=C/c2nc3cc(-c4ccccc4)ccc3o2)cc1. The van der Waals surface area contributed by atoms with Gasteiger partial charge in [-0.05, 0) is 47.0 Å². The largest absolute Gasteiger partial charge is 0.437 e. The lowest BCUT2D eigenvalue weighted by molar-refractivity contribution is 0.590.